The van der Waals surface area contributed by atoms with Crippen molar-refractivity contribution < 1.29 is 32.8 Å². The minimum Gasteiger partial charge on any atom is -0.347 e. The summed E-state index contributed by atoms with van der Waals surface area (Å²) in [5, 5.41) is 3.11. The minimum absolute atomic E-state index is 0.319. The van der Waals surface area contributed by atoms with Crippen molar-refractivity contribution in [2.75, 3.05) is 47.6 Å². The molecule has 0 aliphatic rings. The van der Waals surface area contributed by atoms with Crippen LogP contribution in [0.1, 0.15) is 6.42 Å². The number of rotatable bonds is 13. The van der Waals surface area contributed by atoms with Crippen molar-refractivity contribution in [1.82, 2.24) is 5.32 Å². The molecule has 0 heterocycles. The first kappa shape index (κ1) is 17.9. The zero-order chi connectivity index (χ0) is 13.7. The molecule has 110 valence electrons. The first-order chi connectivity index (χ1) is 8.74. The number of nitrogens with two attached hydrogens (primary N) is 1. The van der Waals surface area contributed by atoms with Crippen molar-refractivity contribution in [2.24, 2.45) is 5.73 Å². The van der Waals surface area contributed by atoms with Gasteiger partial charge in [0, 0.05) is 19.7 Å². The van der Waals surface area contributed by atoms with Gasteiger partial charge in [0.25, 0.3) is 0 Å². The van der Waals surface area contributed by atoms with Crippen LogP contribution in [0.5, 0.6) is 0 Å². The van der Waals surface area contributed by atoms with Crippen molar-refractivity contribution in [1.29, 1.82) is 0 Å². The zero-order valence-corrected chi connectivity index (χ0v) is 12.0. The Labute approximate surface area is 108 Å². The largest absolute Gasteiger partial charge is 0.764 e. The van der Waals surface area contributed by atoms with Gasteiger partial charge in [0.2, 0.25) is 0 Å². The molecule has 0 radical (unpaired) electrons. The van der Waals surface area contributed by atoms with E-state index in [1.165, 1.54) is 21.3 Å². The molecule has 0 amide bonds. The molecule has 0 spiro atoms. The lowest BCUT2D eigenvalue weighted by Gasteiger charge is -2.22. The highest BCUT2D eigenvalue weighted by Crippen LogP contribution is 2.12. The van der Waals surface area contributed by atoms with E-state index in [1.807, 2.05) is 0 Å². The summed E-state index contributed by atoms with van der Waals surface area (Å²) in [6.07, 6.45) is 0.710. The third-order valence-electron chi connectivity index (χ3n) is 1.65. The van der Waals surface area contributed by atoms with E-state index < -0.39 is 9.05 Å². The molecule has 18 heavy (non-hydrogen) atoms. The second kappa shape index (κ2) is 11.9. The van der Waals surface area contributed by atoms with Crippen LogP contribution in [-0.4, -0.2) is 56.6 Å². The van der Waals surface area contributed by atoms with Gasteiger partial charge in [-0.15, -0.1) is 0 Å². The highest BCUT2D eigenvalue weighted by atomic mass is 28.4. The van der Waals surface area contributed by atoms with Gasteiger partial charge in [0.05, 0.1) is 21.3 Å². The van der Waals surface area contributed by atoms with Crippen molar-refractivity contribution in [2.45, 2.75) is 6.42 Å². The Bertz CT molecular complexity index is 172. The highest BCUT2D eigenvalue weighted by Gasteiger charge is 2.51. The van der Waals surface area contributed by atoms with Crippen LogP contribution in [0.4, 0.5) is 0 Å². The highest BCUT2D eigenvalue weighted by molar-refractivity contribution is 6.52. The zero-order valence-electron chi connectivity index (χ0n) is 11.0. The van der Waals surface area contributed by atoms with Crippen LogP contribution in [0.2, 0.25) is 0 Å². The van der Waals surface area contributed by atoms with Crippen molar-refractivity contribution >= 4 is 9.05 Å². The summed E-state index contributed by atoms with van der Waals surface area (Å²) in [6.45, 7) is 2.40. The maximum Gasteiger partial charge on any atom is 0.764 e. The lowest BCUT2D eigenvalue weighted by molar-refractivity contribution is -0.370. The lowest BCUT2D eigenvalue weighted by atomic mass is 10.4. The van der Waals surface area contributed by atoms with E-state index in [1.54, 1.807) is 0 Å². The van der Waals surface area contributed by atoms with Gasteiger partial charge in [-0.3, -0.25) is 0 Å². The molecule has 0 unspecified atom stereocenters. The predicted molar refractivity (Wildman–Crippen MR) is 62.5 cm³/mol. The third-order valence-corrected chi connectivity index (χ3v) is 3.32. The SMILES string of the molecule is COO[Si](OCCCNCCN)(OOC)OOC. The molecule has 0 saturated heterocycles. The van der Waals surface area contributed by atoms with Crippen LogP contribution in [0.3, 0.4) is 0 Å². The Kier molecular flexibility index (Phi) is 11.8. The molecule has 3 N–H and O–H groups in total. The molecule has 0 atom stereocenters. The van der Waals surface area contributed by atoms with Crippen LogP contribution in [0.15, 0.2) is 0 Å². The lowest BCUT2D eigenvalue weighted by Crippen LogP contribution is -2.49. The van der Waals surface area contributed by atoms with Gasteiger partial charge < -0.3 is 15.5 Å². The normalized spacial score (nSPS) is 12.0. The smallest absolute Gasteiger partial charge is 0.347 e. The Balaban J connectivity index is 3.97. The van der Waals surface area contributed by atoms with E-state index in [4.69, 9.17) is 23.9 Å². The van der Waals surface area contributed by atoms with Gasteiger partial charge in [0.1, 0.15) is 0 Å². The van der Waals surface area contributed by atoms with Gasteiger partial charge in [-0.1, -0.05) is 0 Å². The minimum atomic E-state index is -3.58. The van der Waals surface area contributed by atoms with Gasteiger partial charge >= 0.3 is 9.05 Å². The predicted octanol–water partition coefficient (Wildman–Crippen LogP) is -0.889. The van der Waals surface area contributed by atoms with Gasteiger partial charge in [-0.05, 0) is 13.0 Å². The summed E-state index contributed by atoms with van der Waals surface area (Å²) in [7, 11) is 0.310. The van der Waals surface area contributed by atoms with Gasteiger partial charge in [0.15, 0.2) is 0 Å². The fourth-order valence-corrected chi connectivity index (χ4v) is 2.28. The fraction of sp³-hybridized carbons (Fsp3) is 1.00. The van der Waals surface area contributed by atoms with Crippen LogP contribution in [0, 0.1) is 0 Å². The summed E-state index contributed by atoms with van der Waals surface area (Å²) in [5.74, 6) is 0. The van der Waals surface area contributed by atoms with Gasteiger partial charge in [-0.25, -0.2) is 14.7 Å². The Morgan fingerprint density at radius 2 is 1.50 bits per heavy atom. The average Bonchev–Trinajstić information content (AvgIpc) is 2.35. The standard InChI is InChI=1S/C8H22N2O7Si/c1-11-15-18(16-12-2,17-13-3)14-8-4-6-10-7-5-9/h10H,4-9H2,1-3H3. The topological polar surface area (TPSA) is 103 Å². The monoisotopic (exact) mass is 286 g/mol. The third kappa shape index (κ3) is 8.05. The summed E-state index contributed by atoms with van der Waals surface area (Å²) in [4.78, 5) is 13.5. The molecule has 0 bridgehead atoms. The quantitative estimate of drug-likeness (QED) is 0.193. The maximum absolute atomic E-state index is 5.36. The Morgan fingerprint density at radius 1 is 0.944 bits per heavy atom. The molecular formula is C8H22N2O7Si. The number of hydrogen-bond acceptors (Lipinski definition) is 9. The van der Waals surface area contributed by atoms with Crippen molar-refractivity contribution in [3.05, 3.63) is 0 Å². The first-order valence-electron chi connectivity index (χ1n) is 5.45. The van der Waals surface area contributed by atoms with Crippen molar-refractivity contribution in [3.8, 4) is 0 Å². The molecule has 0 aromatic heterocycles. The van der Waals surface area contributed by atoms with Gasteiger partial charge in [-0.2, -0.15) is 13.7 Å². The molecule has 0 aliphatic heterocycles. The molecule has 0 aliphatic carbocycles. The molecule has 0 saturated carbocycles. The number of nitrogens with one attached hydrogen (secondary N) is 1. The Morgan fingerprint density at radius 3 is 1.94 bits per heavy atom. The molecule has 9 nitrogen and oxygen atoms in total. The van der Waals surface area contributed by atoms with E-state index in [-0.39, 0.29) is 0 Å². The van der Waals surface area contributed by atoms with E-state index in [9.17, 15) is 0 Å². The number of hydrogen-bond donors (Lipinski definition) is 2. The van der Waals surface area contributed by atoms with E-state index in [0.717, 1.165) is 13.1 Å². The van der Waals surface area contributed by atoms with Crippen LogP contribution in [-0.2, 0) is 32.8 Å². The average molecular weight is 286 g/mol. The summed E-state index contributed by atoms with van der Waals surface area (Å²) in [5.41, 5.74) is 5.33. The summed E-state index contributed by atoms with van der Waals surface area (Å²) < 4.78 is 19.8. The van der Waals surface area contributed by atoms with Crippen LogP contribution in [0.25, 0.3) is 0 Å². The summed E-state index contributed by atoms with van der Waals surface area (Å²) in [6, 6.07) is 0. The second-order valence-electron chi connectivity index (χ2n) is 2.99. The van der Waals surface area contributed by atoms with E-state index in [0.29, 0.717) is 19.6 Å². The van der Waals surface area contributed by atoms with Crippen molar-refractivity contribution in [3.63, 3.8) is 0 Å². The molecule has 10 heteroatoms. The molecule has 0 fully saturated rings. The maximum atomic E-state index is 5.36. The van der Waals surface area contributed by atoms with E-state index in [2.05, 4.69) is 20.0 Å². The molecule has 0 rings (SSSR count). The molecule has 0 aromatic carbocycles. The Hall–Kier alpha value is -0.143. The second-order valence-corrected chi connectivity index (χ2v) is 4.78. The van der Waals surface area contributed by atoms with Crippen LogP contribution < -0.4 is 11.1 Å². The fourth-order valence-electron chi connectivity index (χ4n) is 1.04. The van der Waals surface area contributed by atoms with E-state index >= 15 is 0 Å². The van der Waals surface area contributed by atoms with Crippen LogP contribution >= 0.6 is 0 Å². The summed E-state index contributed by atoms with van der Waals surface area (Å²) >= 11 is 0. The molecule has 0 aromatic rings. The first-order valence-corrected chi connectivity index (χ1v) is 7.08. The molecular weight excluding hydrogens is 264 g/mol.